The summed E-state index contributed by atoms with van der Waals surface area (Å²) in [4.78, 5) is 24.3. The van der Waals surface area contributed by atoms with E-state index in [-0.39, 0.29) is 70.4 Å². The van der Waals surface area contributed by atoms with E-state index in [1.165, 1.54) is 12.1 Å². The Balaban J connectivity index is 0.00000196. The van der Waals surface area contributed by atoms with Crippen LogP contribution < -0.4 is 73.6 Å². The molecule has 1 atom stereocenters. The van der Waals surface area contributed by atoms with E-state index in [4.69, 9.17) is 4.89 Å². The Labute approximate surface area is 207 Å². The molecule has 0 radical (unpaired) electrons. The number of nitrogens with zero attached hydrogens (tertiary/aromatic N) is 1. The number of benzene rings is 3. The van der Waals surface area contributed by atoms with Gasteiger partial charge in [-0.15, -0.1) is 0 Å². The minimum absolute atomic E-state index is 0. The van der Waals surface area contributed by atoms with Gasteiger partial charge in [0.2, 0.25) is 0 Å². The first-order chi connectivity index (χ1) is 12.2. The third-order valence-electron chi connectivity index (χ3n) is 3.87. The van der Waals surface area contributed by atoms with Gasteiger partial charge in [-0.25, -0.2) is 0 Å². The molecule has 0 saturated heterocycles. The second kappa shape index (κ2) is 10.4. The molecule has 6 nitrogen and oxygen atoms in total. The first kappa shape index (κ1) is 25.4. The summed E-state index contributed by atoms with van der Waals surface area (Å²) in [6.07, 6.45) is 0. The van der Waals surface area contributed by atoms with Crippen molar-refractivity contribution in [1.82, 2.24) is 0 Å². The van der Waals surface area contributed by atoms with E-state index in [0.29, 0.717) is 11.1 Å². The van der Waals surface area contributed by atoms with Crippen molar-refractivity contribution in [2.45, 2.75) is 13.8 Å². The van der Waals surface area contributed by atoms with E-state index >= 15 is 0 Å². The summed E-state index contributed by atoms with van der Waals surface area (Å²) in [6, 6.07) is 15.4. The van der Waals surface area contributed by atoms with Crippen molar-refractivity contribution >= 4 is 30.2 Å². The average Bonchev–Trinajstić information content (AvgIpc) is 2.55. The second-order valence-corrected chi connectivity index (χ2v) is 7.08. The van der Waals surface area contributed by atoms with E-state index in [2.05, 4.69) is 9.52 Å². The van der Waals surface area contributed by atoms with Crippen LogP contribution in [0.2, 0.25) is 0 Å². The van der Waals surface area contributed by atoms with Gasteiger partial charge in [0.25, 0.3) is 0 Å². The van der Waals surface area contributed by atoms with Crippen LogP contribution in [0.1, 0.15) is 16.7 Å². The van der Waals surface area contributed by atoms with Gasteiger partial charge >= 0.3 is 66.9 Å². The predicted octanol–water partition coefficient (Wildman–Crippen LogP) is -3.26. The smallest absolute Gasteiger partial charge is 0.858 e. The maximum atomic E-state index is 12.7. The minimum Gasteiger partial charge on any atom is -0.858 e. The van der Waals surface area contributed by atoms with Gasteiger partial charge in [-0.05, 0) is 54.3 Å². The maximum absolute atomic E-state index is 12.7. The molecule has 0 fully saturated rings. The van der Waals surface area contributed by atoms with E-state index < -0.39 is 13.7 Å². The Bertz CT molecular complexity index is 1070. The molecule has 134 valence electrons. The van der Waals surface area contributed by atoms with Crippen molar-refractivity contribution in [3.8, 4) is 5.75 Å². The number of hydrogen-bond acceptors (Lipinski definition) is 5. The molecular formula is C19H16NNa2O5P. The molecule has 3 rings (SSSR count). The molecule has 1 N–H and O–H groups in total. The number of aliphatic imine (C=N–C) groups is 1. The predicted molar refractivity (Wildman–Crippen MR) is 96.5 cm³/mol. The zero-order valence-corrected chi connectivity index (χ0v) is 21.1. The molecule has 0 bridgehead atoms. The van der Waals surface area contributed by atoms with Crippen molar-refractivity contribution in [3.05, 3.63) is 71.3 Å². The van der Waals surface area contributed by atoms with Crippen molar-refractivity contribution in [2.24, 2.45) is 4.99 Å². The molecule has 0 aliphatic carbocycles. The molecule has 0 heterocycles. The van der Waals surface area contributed by atoms with E-state index in [1.54, 1.807) is 30.3 Å². The van der Waals surface area contributed by atoms with E-state index in [0.717, 1.165) is 16.5 Å². The zero-order valence-electron chi connectivity index (χ0n) is 16.2. The molecule has 0 aliphatic rings. The number of phosphoric ester groups is 1. The normalized spacial score (nSPS) is 13.2. The molecular weight excluding hydrogens is 399 g/mol. The van der Waals surface area contributed by atoms with Crippen LogP contribution in [-0.2, 0) is 4.57 Å². The Morgan fingerprint density at radius 1 is 1.04 bits per heavy atom. The topological polar surface area (TPSA) is 105 Å². The minimum atomic E-state index is -5.07. The third kappa shape index (κ3) is 6.42. The maximum Gasteiger partial charge on any atom is 1.00 e. The van der Waals surface area contributed by atoms with Crippen molar-refractivity contribution in [1.29, 1.82) is 0 Å². The molecule has 0 spiro atoms. The summed E-state index contributed by atoms with van der Waals surface area (Å²) in [6.45, 7) is 3.76. The molecule has 0 saturated carbocycles. The van der Waals surface area contributed by atoms with Gasteiger partial charge in [0.15, 0.2) is 0 Å². The third-order valence-corrected chi connectivity index (χ3v) is 4.29. The van der Waals surface area contributed by atoms with Gasteiger partial charge in [0, 0.05) is 5.56 Å². The summed E-state index contributed by atoms with van der Waals surface area (Å²) in [5.74, 6) is -0.922. The summed E-state index contributed by atoms with van der Waals surface area (Å²) in [5.41, 5.74) is 2.29. The van der Waals surface area contributed by atoms with Crippen LogP contribution in [0.3, 0.4) is 0 Å². The fourth-order valence-electron chi connectivity index (χ4n) is 2.69. The molecule has 0 aliphatic heterocycles. The first-order valence-corrected chi connectivity index (χ1v) is 9.32. The molecule has 0 aromatic heterocycles. The van der Waals surface area contributed by atoms with Gasteiger partial charge in [-0.2, -0.15) is 0 Å². The monoisotopic (exact) mass is 415 g/mol. The second-order valence-electron chi connectivity index (χ2n) is 5.96. The fourth-order valence-corrected chi connectivity index (χ4v) is 3.09. The van der Waals surface area contributed by atoms with Crippen LogP contribution >= 0.6 is 7.82 Å². The number of hydrogen-bond donors (Lipinski definition) is 1. The fraction of sp³-hybridized carbons (Fsp3) is 0.105. The summed E-state index contributed by atoms with van der Waals surface area (Å²) in [7, 11) is -5.07. The van der Waals surface area contributed by atoms with Crippen LogP contribution in [0.25, 0.3) is 10.8 Å². The number of rotatable bonds is 4. The van der Waals surface area contributed by atoms with Gasteiger partial charge in [-0.3, -0.25) is 9.56 Å². The molecule has 1 unspecified atom stereocenters. The van der Waals surface area contributed by atoms with Gasteiger partial charge in [0.1, 0.15) is 5.75 Å². The summed E-state index contributed by atoms with van der Waals surface area (Å²) < 4.78 is 15.8. The largest absolute Gasteiger partial charge is 1.00 e. The standard InChI is InChI=1S/C19H18NO5P.2Na/c1-12-7-8-17(13(2)9-12)20-19(21)16-10-14-5-3-4-6-15(14)11-18(16)25-26(22,23)24;;/h3-11H,1-2H3,(H,20,21)(H2,22,23,24);;/q;2*+1/p-2. The Hall–Kier alpha value is -0.660. The molecule has 3 aromatic rings. The van der Waals surface area contributed by atoms with Crippen LogP contribution in [0.5, 0.6) is 5.75 Å². The Morgan fingerprint density at radius 2 is 1.64 bits per heavy atom. The Kier molecular flexibility index (Phi) is 9.42. The van der Waals surface area contributed by atoms with Crippen LogP contribution in [-0.4, -0.2) is 10.8 Å². The summed E-state index contributed by atoms with van der Waals surface area (Å²) >= 11 is 0. The van der Waals surface area contributed by atoms with E-state index in [1.807, 2.05) is 26.0 Å². The molecule has 9 heteroatoms. The van der Waals surface area contributed by atoms with Crippen LogP contribution in [0, 0.1) is 13.8 Å². The van der Waals surface area contributed by atoms with Crippen LogP contribution in [0.4, 0.5) is 5.69 Å². The number of aryl methyl sites for hydroxylation is 2. The van der Waals surface area contributed by atoms with E-state index in [9.17, 15) is 14.6 Å². The van der Waals surface area contributed by atoms with Crippen molar-refractivity contribution < 1.29 is 83.1 Å². The quantitative estimate of drug-likeness (QED) is 0.209. The van der Waals surface area contributed by atoms with Gasteiger partial charge in [-0.1, -0.05) is 42.0 Å². The molecule has 28 heavy (non-hydrogen) atoms. The van der Waals surface area contributed by atoms with Gasteiger partial charge in [0.05, 0.1) is 5.69 Å². The average molecular weight is 415 g/mol. The summed E-state index contributed by atoms with van der Waals surface area (Å²) in [5, 5.41) is 14.1. The number of fused-ring (bicyclic) bond motifs is 1. The van der Waals surface area contributed by atoms with Crippen molar-refractivity contribution in [3.63, 3.8) is 0 Å². The van der Waals surface area contributed by atoms with Gasteiger partial charge < -0.3 is 19.4 Å². The molecule has 0 amide bonds. The Morgan fingerprint density at radius 3 is 2.21 bits per heavy atom. The number of phosphoric acid groups is 1. The zero-order chi connectivity index (χ0) is 18.9. The SMILES string of the molecule is Cc1ccc(N=C([O-])c2cc3ccccc3cc2OP(=O)([O-])O)c(C)c1.[Na+].[Na+]. The van der Waals surface area contributed by atoms with Crippen molar-refractivity contribution in [2.75, 3.05) is 0 Å². The first-order valence-electron chi connectivity index (χ1n) is 7.82. The molecule has 3 aromatic carbocycles. The van der Waals surface area contributed by atoms with Crippen LogP contribution in [0.15, 0.2) is 59.6 Å².